The van der Waals surface area contributed by atoms with E-state index in [0.29, 0.717) is 11.8 Å². The van der Waals surface area contributed by atoms with Gasteiger partial charge in [-0.1, -0.05) is 26.0 Å². The maximum Gasteiger partial charge on any atom is 0.237 e. The molecule has 3 heterocycles. The summed E-state index contributed by atoms with van der Waals surface area (Å²) in [7, 11) is 0. The second-order valence-electron chi connectivity index (χ2n) is 6.51. The van der Waals surface area contributed by atoms with E-state index < -0.39 is 0 Å². The van der Waals surface area contributed by atoms with E-state index in [0.717, 1.165) is 44.8 Å². The number of benzene rings is 2. The Labute approximate surface area is 160 Å². The lowest BCUT2D eigenvalue weighted by molar-refractivity contribution is 0.621. The Morgan fingerprint density at radius 2 is 1.19 bits per heavy atom. The van der Waals surface area contributed by atoms with E-state index in [4.69, 9.17) is 8.83 Å². The smallest absolute Gasteiger partial charge is 0.237 e. The van der Waals surface area contributed by atoms with Crippen molar-refractivity contribution in [2.24, 2.45) is 0 Å². The van der Waals surface area contributed by atoms with Crippen LogP contribution in [-0.4, -0.2) is 9.97 Å². The van der Waals surface area contributed by atoms with E-state index in [-0.39, 0.29) is 0 Å². The summed E-state index contributed by atoms with van der Waals surface area (Å²) in [6.45, 7) is 4.27. The zero-order valence-electron chi connectivity index (χ0n) is 15.2. The molecule has 0 spiro atoms. The average Bonchev–Trinajstić information content (AvgIpc) is 3.43. The molecule has 3 aromatic heterocycles. The van der Waals surface area contributed by atoms with Gasteiger partial charge in [0.25, 0.3) is 0 Å². The molecule has 0 unspecified atom stereocenters. The summed E-state index contributed by atoms with van der Waals surface area (Å²) in [5.41, 5.74) is 5.91. The molecule has 0 N–H and O–H groups in total. The summed E-state index contributed by atoms with van der Waals surface area (Å²) in [5.74, 6) is 1.28. The van der Waals surface area contributed by atoms with Crippen LogP contribution in [0.3, 0.4) is 0 Å². The number of hydrogen-bond acceptors (Lipinski definition) is 5. The van der Waals surface area contributed by atoms with Gasteiger partial charge in [0.05, 0.1) is 9.75 Å². The normalized spacial score (nSPS) is 11.6. The van der Waals surface area contributed by atoms with Gasteiger partial charge in [0.1, 0.15) is 11.0 Å². The van der Waals surface area contributed by atoms with Crippen molar-refractivity contribution in [1.82, 2.24) is 9.97 Å². The van der Waals surface area contributed by atoms with Crippen LogP contribution >= 0.6 is 11.3 Å². The molecule has 5 heteroatoms. The molecule has 0 aliphatic carbocycles. The maximum absolute atomic E-state index is 5.98. The number of fused-ring (bicyclic) bond motifs is 2. The molecular formula is C22H18N2O2S. The highest BCUT2D eigenvalue weighted by atomic mass is 32.1. The van der Waals surface area contributed by atoms with Crippen molar-refractivity contribution >= 4 is 33.5 Å². The molecule has 0 aliphatic heterocycles. The third kappa shape index (κ3) is 2.84. The second kappa shape index (κ2) is 6.35. The molecule has 0 fully saturated rings. The Balaban J connectivity index is 1.52. The van der Waals surface area contributed by atoms with Crippen LogP contribution in [0.4, 0.5) is 0 Å². The minimum atomic E-state index is 0.638. The van der Waals surface area contributed by atoms with E-state index in [1.165, 1.54) is 11.1 Å². The van der Waals surface area contributed by atoms with Gasteiger partial charge in [-0.3, -0.25) is 0 Å². The van der Waals surface area contributed by atoms with E-state index in [9.17, 15) is 0 Å². The van der Waals surface area contributed by atoms with Gasteiger partial charge in [0.15, 0.2) is 11.2 Å². The highest BCUT2D eigenvalue weighted by Gasteiger charge is 2.15. The van der Waals surface area contributed by atoms with Crippen molar-refractivity contribution in [3.63, 3.8) is 0 Å². The molecule has 4 nitrogen and oxygen atoms in total. The molecule has 0 aliphatic rings. The molecule has 0 saturated carbocycles. The first-order valence-corrected chi connectivity index (χ1v) is 9.94. The quantitative estimate of drug-likeness (QED) is 0.361. The van der Waals surface area contributed by atoms with Crippen LogP contribution in [0.5, 0.6) is 0 Å². The lowest BCUT2D eigenvalue weighted by Crippen LogP contribution is -1.77. The number of oxazole rings is 2. The minimum Gasteiger partial charge on any atom is -0.435 e. The first kappa shape index (κ1) is 16.3. The van der Waals surface area contributed by atoms with Crippen molar-refractivity contribution in [2.75, 3.05) is 0 Å². The topological polar surface area (TPSA) is 52.1 Å². The SMILES string of the molecule is CCc1ccc2nc(-c3ccc(-c4nc5ccc(CC)cc5o4)s3)oc2c1. The lowest BCUT2D eigenvalue weighted by Gasteiger charge is -1.92. The van der Waals surface area contributed by atoms with E-state index in [1.807, 2.05) is 24.3 Å². The van der Waals surface area contributed by atoms with Gasteiger partial charge in [-0.05, 0) is 60.4 Å². The van der Waals surface area contributed by atoms with Crippen molar-refractivity contribution in [1.29, 1.82) is 0 Å². The van der Waals surface area contributed by atoms with E-state index in [1.54, 1.807) is 11.3 Å². The van der Waals surface area contributed by atoms with Crippen LogP contribution < -0.4 is 0 Å². The van der Waals surface area contributed by atoms with Crippen LogP contribution in [0.15, 0.2) is 57.4 Å². The number of aryl methyl sites for hydroxylation is 2. The Morgan fingerprint density at radius 3 is 1.63 bits per heavy atom. The maximum atomic E-state index is 5.98. The highest BCUT2D eigenvalue weighted by Crippen LogP contribution is 2.36. The van der Waals surface area contributed by atoms with Crippen LogP contribution in [0.1, 0.15) is 25.0 Å². The summed E-state index contributed by atoms with van der Waals surface area (Å²) >= 11 is 1.58. The molecule has 2 aromatic carbocycles. The number of aromatic nitrogens is 2. The third-order valence-electron chi connectivity index (χ3n) is 4.75. The van der Waals surface area contributed by atoms with Crippen LogP contribution in [-0.2, 0) is 12.8 Å². The van der Waals surface area contributed by atoms with Gasteiger partial charge in [-0.25, -0.2) is 9.97 Å². The van der Waals surface area contributed by atoms with Crippen molar-refractivity contribution < 1.29 is 8.83 Å². The molecule has 27 heavy (non-hydrogen) atoms. The van der Waals surface area contributed by atoms with Gasteiger partial charge in [-0.15, -0.1) is 11.3 Å². The van der Waals surface area contributed by atoms with E-state index in [2.05, 4.69) is 48.1 Å². The number of thiophene rings is 1. The third-order valence-corrected chi connectivity index (χ3v) is 5.81. The molecule has 5 aromatic rings. The summed E-state index contributed by atoms with van der Waals surface area (Å²) in [4.78, 5) is 11.2. The zero-order chi connectivity index (χ0) is 18.4. The Bertz CT molecular complexity index is 1170. The zero-order valence-corrected chi connectivity index (χ0v) is 16.0. The Kier molecular flexibility index (Phi) is 3.83. The highest BCUT2D eigenvalue weighted by molar-refractivity contribution is 7.18. The van der Waals surface area contributed by atoms with Crippen LogP contribution in [0.25, 0.3) is 43.7 Å². The standard InChI is InChI=1S/C22H18N2O2S/c1-3-13-5-7-15-17(11-13)25-21(23-15)19-9-10-20(27-19)22-24-16-8-6-14(4-2)12-18(16)26-22/h5-12H,3-4H2,1-2H3. The molecule has 0 atom stereocenters. The lowest BCUT2D eigenvalue weighted by atomic mass is 10.1. The second-order valence-corrected chi connectivity index (χ2v) is 7.60. The van der Waals surface area contributed by atoms with Crippen molar-refractivity contribution in [2.45, 2.75) is 26.7 Å². The fraction of sp³-hybridized carbons (Fsp3) is 0.182. The monoisotopic (exact) mass is 374 g/mol. The molecule has 0 amide bonds. The summed E-state index contributed by atoms with van der Waals surface area (Å²) in [6, 6.07) is 16.4. The van der Waals surface area contributed by atoms with Crippen LogP contribution in [0.2, 0.25) is 0 Å². The molecule has 0 radical (unpaired) electrons. The summed E-state index contributed by atoms with van der Waals surface area (Å²) < 4.78 is 12.0. The summed E-state index contributed by atoms with van der Waals surface area (Å²) in [5, 5.41) is 0. The van der Waals surface area contributed by atoms with Crippen LogP contribution in [0, 0.1) is 0 Å². The predicted octanol–water partition coefficient (Wildman–Crippen LogP) is 6.49. The predicted molar refractivity (Wildman–Crippen MR) is 109 cm³/mol. The van der Waals surface area contributed by atoms with Gasteiger partial charge >= 0.3 is 0 Å². The molecule has 5 rings (SSSR count). The fourth-order valence-corrected chi connectivity index (χ4v) is 4.01. The molecule has 0 bridgehead atoms. The average molecular weight is 374 g/mol. The Hall–Kier alpha value is -2.92. The number of nitrogens with zero attached hydrogens (tertiary/aromatic N) is 2. The first-order chi connectivity index (χ1) is 13.2. The first-order valence-electron chi connectivity index (χ1n) is 9.13. The van der Waals surface area contributed by atoms with Crippen molar-refractivity contribution in [3.05, 3.63) is 59.7 Å². The largest absolute Gasteiger partial charge is 0.435 e. The molecular weight excluding hydrogens is 356 g/mol. The molecule has 0 saturated heterocycles. The fourth-order valence-electron chi connectivity index (χ4n) is 3.16. The minimum absolute atomic E-state index is 0.638. The number of rotatable bonds is 4. The van der Waals surface area contributed by atoms with Gasteiger partial charge in [0, 0.05) is 0 Å². The van der Waals surface area contributed by atoms with Gasteiger partial charge in [0.2, 0.25) is 11.8 Å². The van der Waals surface area contributed by atoms with Gasteiger partial charge in [-0.2, -0.15) is 0 Å². The number of hydrogen-bond donors (Lipinski definition) is 0. The Morgan fingerprint density at radius 1 is 0.704 bits per heavy atom. The molecule has 134 valence electrons. The van der Waals surface area contributed by atoms with E-state index >= 15 is 0 Å². The van der Waals surface area contributed by atoms with Gasteiger partial charge < -0.3 is 8.83 Å². The van der Waals surface area contributed by atoms with Crippen molar-refractivity contribution in [3.8, 4) is 21.5 Å². The summed E-state index contributed by atoms with van der Waals surface area (Å²) in [6.07, 6.45) is 1.96.